The summed E-state index contributed by atoms with van der Waals surface area (Å²) in [6.07, 6.45) is 0. The Kier molecular flexibility index (Phi) is 4.17. The lowest BCUT2D eigenvalue weighted by Gasteiger charge is -1.99. The van der Waals surface area contributed by atoms with E-state index < -0.39 is 10.5 Å². The Morgan fingerprint density at radius 2 is 1.88 bits per heavy atom. The summed E-state index contributed by atoms with van der Waals surface area (Å²) in [6.45, 7) is 0. The molecular weight excluding hydrogens is 324 g/mol. The monoisotopic (exact) mass is 334 g/mol. The molecule has 1 heterocycles. The Morgan fingerprint density at radius 3 is 2.64 bits per heavy atom. The Morgan fingerprint density at radius 1 is 1.08 bits per heavy atom. The molecule has 122 valence electrons. The number of non-ortho nitro benzene ring substituents is 1. The summed E-state index contributed by atoms with van der Waals surface area (Å²) in [5, 5.41) is 32.7. The number of nitro benzene ring substituents is 1. The predicted octanol–water partition coefficient (Wildman–Crippen LogP) is 3.57. The highest BCUT2D eigenvalue weighted by Gasteiger charge is 2.14. The molecule has 3 rings (SSSR count). The number of hydrogen-bond donors (Lipinski definition) is 2. The van der Waals surface area contributed by atoms with Crippen LogP contribution in [0.15, 0.2) is 63.6 Å². The normalized spacial score (nSPS) is 10.7. The van der Waals surface area contributed by atoms with Crippen LogP contribution in [0.25, 0.3) is 11.3 Å². The largest absolute Gasteiger partial charge is 0.295 e. The van der Waals surface area contributed by atoms with Crippen LogP contribution in [0.5, 0.6) is 0 Å². The van der Waals surface area contributed by atoms with Gasteiger partial charge in [0.2, 0.25) is 0 Å². The van der Waals surface area contributed by atoms with E-state index in [9.17, 15) is 14.9 Å². The Balaban J connectivity index is 2.01. The first-order valence-electron chi connectivity index (χ1n) is 7.06. The number of azo groups is 1. The summed E-state index contributed by atoms with van der Waals surface area (Å²) < 4.78 is 0. The molecule has 0 fully saturated rings. The van der Waals surface area contributed by atoms with Crippen LogP contribution in [0.1, 0.15) is 5.56 Å². The summed E-state index contributed by atoms with van der Waals surface area (Å²) in [5.74, 6) is 0. The van der Waals surface area contributed by atoms with Crippen molar-refractivity contribution in [3.63, 3.8) is 0 Å². The topological polar surface area (TPSA) is 140 Å². The lowest BCUT2D eigenvalue weighted by Crippen LogP contribution is -1.96. The van der Waals surface area contributed by atoms with Crippen LogP contribution in [0.3, 0.4) is 0 Å². The number of hydrogen-bond acceptors (Lipinski definition) is 6. The van der Waals surface area contributed by atoms with Gasteiger partial charge in [0, 0.05) is 17.7 Å². The Labute approximate surface area is 140 Å². The number of H-pyrrole nitrogens is 2. The molecule has 2 aromatic carbocycles. The first-order chi connectivity index (χ1) is 12.1. The lowest BCUT2D eigenvalue weighted by atomic mass is 10.1. The van der Waals surface area contributed by atoms with Crippen LogP contribution in [-0.2, 0) is 0 Å². The average Bonchev–Trinajstić information content (AvgIpc) is 3.01. The first-order valence-corrected chi connectivity index (χ1v) is 7.06. The van der Waals surface area contributed by atoms with Crippen molar-refractivity contribution < 1.29 is 4.92 Å². The van der Waals surface area contributed by atoms with Crippen LogP contribution < -0.4 is 5.56 Å². The highest BCUT2D eigenvalue weighted by Crippen LogP contribution is 2.29. The highest BCUT2D eigenvalue weighted by molar-refractivity contribution is 5.72. The minimum atomic E-state index is -0.525. The molecule has 2 N–H and O–H groups in total. The van der Waals surface area contributed by atoms with Gasteiger partial charge < -0.3 is 0 Å². The van der Waals surface area contributed by atoms with Gasteiger partial charge in [0.15, 0.2) is 5.69 Å². The van der Waals surface area contributed by atoms with E-state index in [0.29, 0.717) is 16.8 Å². The van der Waals surface area contributed by atoms with Gasteiger partial charge in [-0.05, 0) is 18.2 Å². The summed E-state index contributed by atoms with van der Waals surface area (Å²) in [6, 6.07) is 14.2. The van der Waals surface area contributed by atoms with E-state index in [1.807, 2.05) is 6.07 Å². The van der Waals surface area contributed by atoms with E-state index in [4.69, 9.17) is 5.26 Å². The van der Waals surface area contributed by atoms with Crippen molar-refractivity contribution >= 4 is 17.1 Å². The molecule has 25 heavy (non-hydrogen) atoms. The van der Waals surface area contributed by atoms with Gasteiger partial charge in [0.25, 0.3) is 11.2 Å². The van der Waals surface area contributed by atoms with Crippen molar-refractivity contribution in [2.24, 2.45) is 10.2 Å². The van der Waals surface area contributed by atoms with E-state index in [1.165, 1.54) is 24.3 Å². The standard InChI is InChI=1S/C16H10N6O3/c17-9-10-3-1-5-12(7-10)18-20-15-14(19-21-16(15)23)11-4-2-6-13(8-11)22(24)25/h1-8H,(H2,19,21,23). The fraction of sp³-hybridized carbons (Fsp3) is 0. The third-order valence-corrected chi connectivity index (χ3v) is 3.34. The van der Waals surface area contributed by atoms with Crippen molar-refractivity contribution in [3.05, 3.63) is 74.6 Å². The summed E-state index contributed by atoms with van der Waals surface area (Å²) in [4.78, 5) is 22.3. The van der Waals surface area contributed by atoms with Gasteiger partial charge in [-0.2, -0.15) is 10.4 Å². The van der Waals surface area contributed by atoms with Gasteiger partial charge >= 0.3 is 0 Å². The maximum Gasteiger partial charge on any atom is 0.292 e. The molecule has 0 aliphatic rings. The molecule has 0 atom stereocenters. The molecule has 0 spiro atoms. The number of rotatable bonds is 4. The quantitative estimate of drug-likeness (QED) is 0.427. The third-order valence-electron chi connectivity index (χ3n) is 3.34. The number of nitrogens with zero attached hydrogens (tertiary/aromatic N) is 4. The van der Waals surface area contributed by atoms with Gasteiger partial charge in [0.05, 0.1) is 27.9 Å². The zero-order valence-corrected chi connectivity index (χ0v) is 12.6. The minimum absolute atomic E-state index is 0.0112. The van der Waals surface area contributed by atoms with Crippen LogP contribution >= 0.6 is 0 Å². The van der Waals surface area contributed by atoms with Crippen molar-refractivity contribution in [1.29, 1.82) is 5.26 Å². The second kappa shape index (κ2) is 6.59. The zero-order valence-electron chi connectivity index (χ0n) is 12.6. The van der Waals surface area contributed by atoms with Crippen molar-refractivity contribution in [1.82, 2.24) is 10.2 Å². The molecule has 0 aliphatic heterocycles. The van der Waals surface area contributed by atoms with Crippen molar-refractivity contribution in [3.8, 4) is 17.3 Å². The van der Waals surface area contributed by atoms with Crippen LogP contribution in [0.2, 0.25) is 0 Å². The molecule has 0 amide bonds. The van der Waals surface area contributed by atoms with E-state index in [2.05, 4.69) is 20.4 Å². The van der Waals surface area contributed by atoms with Crippen LogP contribution in [0, 0.1) is 21.4 Å². The molecule has 0 unspecified atom stereocenters. The molecule has 0 bridgehead atoms. The van der Waals surface area contributed by atoms with E-state index in [-0.39, 0.29) is 17.1 Å². The molecule has 0 saturated carbocycles. The van der Waals surface area contributed by atoms with Gasteiger partial charge in [0.1, 0.15) is 0 Å². The molecular formula is C16H10N6O3. The van der Waals surface area contributed by atoms with E-state index >= 15 is 0 Å². The molecule has 1 aromatic heterocycles. The number of nitro groups is 1. The summed E-state index contributed by atoms with van der Waals surface area (Å²) in [7, 11) is 0. The van der Waals surface area contributed by atoms with E-state index in [1.54, 1.807) is 24.3 Å². The molecule has 0 saturated heterocycles. The summed E-state index contributed by atoms with van der Waals surface area (Å²) >= 11 is 0. The second-order valence-corrected chi connectivity index (χ2v) is 4.97. The van der Waals surface area contributed by atoms with Gasteiger partial charge in [-0.25, -0.2) is 0 Å². The SMILES string of the molecule is N#Cc1cccc(N=Nc2c(-c3cccc([N+](=O)[O-])c3)[nH][nH]c2=O)c1. The third kappa shape index (κ3) is 3.32. The number of aromatic amines is 2. The predicted molar refractivity (Wildman–Crippen MR) is 88.8 cm³/mol. The smallest absolute Gasteiger partial charge is 0.292 e. The first kappa shape index (κ1) is 15.8. The van der Waals surface area contributed by atoms with Crippen LogP contribution in [-0.4, -0.2) is 15.1 Å². The van der Waals surface area contributed by atoms with Crippen LogP contribution in [0.4, 0.5) is 17.1 Å². The second-order valence-electron chi connectivity index (χ2n) is 4.97. The van der Waals surface area contributed by atoms with Gasteiger partial charge in [-0.15, -0.1) is 5.11 Å². The van der Waals surface area contributed by atoms with Crippen molar-refractivity contribution in [2.45, 2.75) is 0 Å². The maximum atomic E-state index is 11.9. The number of aromatic nitrogens is 2. The average molecular weight is 334 g/mol. The fourth-order valence-electron chi connectivity index (χ4n) is 2.18. The Bertz CT molecular complexity index is 1070. The van der Waals surface area contributed by atoms with E-state index in [0.717, 1.165) is 0 Å². The summed E-state index contributed by atoms with van der Waals surface area (Å²) in [5.41, 5.74) is 0.901. The lowest BCUT2D eigenvalue weighted by molar-refractivity contribution is -0.384. The molecule has 9 nitrogen and oxygen atoms in total. The van der Waals surface area contributed by atoms with Gasteiger partial charge in [-0.3, -0.25) is 25.1 Å². The molecule has 0 aliphatic carbocycles. The molecule has 0 radical (unpaired) electrons. The minimum Gasteiger partial charge on any atom is -0.295 e. The number of nitriles is 1. The molecule has 9 heteroatoms. The molecule has 3 aromatic rings. The van der Waals surface area contributed by atoms with Crippen molar-refractivity contribution in [2.75, 3.05) is 0 Å². The number of nitrogens with one attached hydrogen (secondary N) is 2. The maximum absolute atomic E-state index is 11.9. The Hall–Kier alpha value is -4.06. The van der Waals surface area contributed by atoms with Gasteiger partial charge in [-0.1, -0.05) is 18.2 Å². The number of benzene rings is 2. The fourth-order valence-corrected chi connectivity index (χ4v) is 2.18. The zero-order chi connectivity index (χ0) is 17.8. The highest BCUT2D eigenvalue weighted by atomic mass is 16.6.